The molecular formula is C20H19FN4S2. The van der Waals surface area contributed by atoms with Crippen LogP contribution in [0.15, 0.2) is 36.0 Å². The lowest BCUT2D eigenvalue weighted by atomic mass is 9.90. The van der Waals surface area contributed by atoms with Crippen molar-refractivity contribution < 1.29 is 4.39 Å². The lowest BCUT2D eigenvalue weighted by molar-refractivity contribution is 0.375. The molecule has 0 radical (unpaired) electrons. The van der Waals surface area contributed by atoms with Gasteiger partial charge in [0.05, 0.1) is 27.6 Å². The zero-order valence-electron chi connectivity index (χ0n) is 14.8. The molecule has 1 fully saturated rings. The van der Waals surface area contributed by atoms with Gasteiger partial charge in [-0.1, -0.05) is 0 Å². The molecule has 1 aliphatic heterocycles. The highest BCUT2D eigenvalue weighted by molar-refractivity contribution is 7.18. The molecule has 0 aliphatic carbocycles. The van der Waals surface area contributed by atoms with Gasteiger partial charge in [0, 0.05) is 27.9 Å². The predicted molar refractivity (Wildman–Crippen MR) is 112 cm³/mol. The molecule has 0 unspecified atom stereocenters. The fraction of sp³-hybridized carbons (Fsp3) is 0.300. The fourth-order valence-corrected chi connectivity index (χ4v) is 5.71. The van der Waals surface area contributed by atoms with Gasteiger partial charge in [0.2, 0.25) is 0 Å². The standard InChI is InChI=1S/C20H19FN4S2/c1-11-13(3-2-6-22-11)18-8-14-19(15(21)9-23-20(14)27-18)25-12-4-5-17-16(7-12)24-10-26-17/h4-5,7-11,13,22H,2-3,6H2,1H3,(H,23,25)/t11-,13+/m1/s1. The van der Waals surface area contributed by atoms with E-state index >= 15 is 0 Å². The monoisotopic (exact) mass is 398 g/mol. The van der Waals surface area contributed by atoms with Gasteiger partial charge >= 0.3 is 0 Å². The molecule has 0 saturated carbocycles. The van der Waals surface area contributed by atoms with Crippen LogP contribution in [0.4, 0.5) is 15.8 Å². The minimum absolute atomic E-state index is 0.333. The summed E-state index contributed by atoms with van der Waals surface area (Å²) in [6.45, 7) is 3.30. The van der Waals surface area contributed by atoms with Crippen LogP contribution < -0.4 is 10.6 Å². The number of thiazole rings is 1. The molecule has 3 aromatic heterocycles. The van der Waals surface area contributed by atoms with Crippen LogP contribution in [0.5, 0.6) is 0 Å². The minimum atomic E-state index is -0.333. The Morgan fingerprint density at radius 3 is 3.07 bits per heavy atom. The summed E-state index contributed by atoms with van der Waals surface area (Å²) in [4.78, 5) is 10.8. The maximum atomic E-state index is 14.6. The van der Waals surface area contributed by atoms with Gasteiger partial charge in [0.15, 0.2) is 5.82 Å². The van der Waals surface area contributed by atoms with E-state index in [9.17, 15) is 4.39 Å². The molecular weight excluding hydrogens is 379 g/mol. The summed E-state index contributed by atoms with van der Waals surface area (Å²) < 4.78 is 15.8. The molecule has 4 heterocycles. The van der Waals surface area contributed by atoms with Gasteiger partial charge in [-0.3, -0.25) is 0 Å². The molecule has 1 aromatic carbocycles. The minimum Gasteiger partial charge on any atom is -0.352 e. The van der Waals surface area contributed by atoms with Gasteiger partial charge in [-0.2, -0.15) is 0 Å². The second kappa shape index (κ2) is 6.82. The topological polar surface area (TPSA) is 49.8 Å². The number of thiophene rings is 1. The van der Waals surface area contributed by atoms with E-state index in [4.69, 9.17) is 0 Å². The number of nitrogens with zero attached hydrogens (tertiary/aromatic N) is 2. The van der Waals surface area contributed by atoms with E-state index in [1.165, 1.54) is 17.5 Å². The van der Waals surface area contributed by atoms with Crippen molar-refractivity contribution in [1.29, 1.82) is 0 Å². The first-order valence-corrected chi connectivity index (χ1v) is 10.8. The first kappa shape index (κ1) is 17.0. The summed E-state index contributed by atoms with van der Waals surface area (Å²) >= 11 is 3.28. The number of fused-ring (bicyclic) bond motifs is 2. The molecule has 4 aromatic rings. The zero-order valence-corrected chi connectivity index (χ0v) is 16.5. The van der Waals surface area contributed by atoms with Crippen LogP contribution >= 0.6 is 22.7 Å². The van der Waals surface area contributed by atoms with Crippen molar-refractivity contribution in [2.45, 2.75) is 31.7 Å². The third kappa shape index (κ3) is 3.09. The number of halogens is 1. The maximum absolute atomic E-state index is 14.6. The third-order valence-electron chi connectivity index (χ3n) is 5.26. The summed E-state index contributed by atoms with van der Waals surface area (Å²) in [5, 5.41) is 7.66. The predicted octanol–water partition coefficient (Wildman–Crippen LogP) is 5.64. The lowest BCUT2D eigenvalue weighted by Crippen LogP contribution is -2.37. The average Bonchev–Trinajstić information content (AvgIpc) is 3.31. The van der Waals surface area contributed by atoms with Crippen LogP contribution in [0.3, 0.4) is 0 Å². The molecule has 5 rings (SSSR count). The van der Waals surface area contributed by atoms with Gasteiger partial charge in [0.1, 0.15) is 4.83 Å². The highest BCUT2D eigenvalue weighted by atomic mass is 32.1. The second-order valence-electron chi connectivity index (χ2n) is 7.00. The Balaban J connectivity index is 1.55. The van der Waals surface area contributed by atoms with E-state index in [-0.39, 0.29) is 5.82 Å². The number of pyridine rings is 1. The van der Waals surface area contributed by atoms with E-state index in [0.717, 1.165) is 39.1 Å². The molecule has 27 heavy (non-hydrogen) atoms. The lowest BCUT2D eigenvalue weighted by Gasteiger charge is -2.29. The normalized spacial score (nSPS) is 20.4. The zero-order chi connectivity index (χ0) is 18.4. The number of aromatic nitrogens is 2. The third-order valence-corrected chi connectivity index (χ3v) is 7.25. The smallest absolute Gasteiger partial charge is 0.165 e. The Bertz CT molecular complexity index is 1120. The van der Waals surface area contributed by atoms with E-state index in [2.05, 4.69) is 33.6 Å². The number of nitrogens with one attached hydrogen (secondary N) is 2. The van der Waals surface area contributed by atoms with Crippen molar-refractivity contribution in [1.82, 2.24) is 15.3 Å². The second-order valence-corrected chi connectivity index (χ2v) is 8.95. The van der Waals surface area contributed by atoms with Crippen LogP contribution in [-0.2, 0) is 0 Å². The number of hydrogen-bond donors (Lipinski definition) is 2. The van der Waals surface area contributed by atoms with E-state index in [1.807, 2.05) is 23.7 Å². The molecule has 0 bridgehead atoms. The summed E-state index contributed by atoms with van der Waals surface area (Å²) in [7, 11) is 0. The summed E-state index contributed by atoms with van der Waals surface area (Å²) in [5.41, 5.74) is 4.07. The summed E-state index contributed by atoms with van der Waals surface area (Å²) in [6.07, 6.45) is 3.64. The van der Waals surface area contributed by atoms with Crippen LogP contribution in [0.25, 0.3) is 20.4 Å². The first-order valence-electron chi connectivity index (χ1n) is 9.10. The molecule has 1 saturated heterocycles. The van der Waals surface area contributed by atoms with Crippen LogP contribution in [0.2, 0.25) is 0 Å². The molecule has 4 nitrogen and oxygen atoms in total. The molecule has 0 spiro atoms. The van der Waals surface area contributed by atoms with E-state index in [0.29, 0.717) is 17.6 Å². The number of hydrogen-bond acceptors (Lipinski definition) is 6. The molecule has 138 valence electrons. The molecule has 2 atom stereocenters. The van der Waals surface area contributed by atoms with Crippen molar-refractivity contribution in [3.8, 4) is 0 Å². The highest BCUT2D eigenvalue weighted by Crippen LogP contribution is 2.39. The fourth-order valence-electron chi connectivity index (χ4n) is 3.81. The van der Waals surface area contributed by atoms with Gasteiger partial charge < -0.3 is 10.6 Å². The van der Waals surface area contributed by atoms with Gasteiger partial charge in [-0.05, 0) is 50.6 Å². The molecule has 2 N–H and O–H groups in total. The van der Waals surface area contributed by atoms with Crippen molar-refractivity contribution in [3.63, 3.8) is 0 Å². The Kier molecular flexibility index (Phi) is 4.30. The largest absolute Gasteiger partial charge is 0.352 e. The number of anilines is 2. The van der Waals surface area contributed by atoms with Crippen LogP contribution in [0.1, 0.15) is 30.6 Å². The van der Waals surface area contributed by atoms with Gasteiger partial charge in [-0.25, -0.2) is 14.4 Å². The number of piperidine rings is 1. The number of benzene rings is 1. The molecule has 0 amide bonds. The Morgan fingerprint density at radius 1 is 1.26 bits per heavy atom. The van der Waals surface area contributed by atoms with Gasteiger partial charge in [-0.15, -0.1) is 22.7 Å². The van der Waals surface area contributed by atoms with Crippen molar-refractivity contribution in [2.75, 3.05) is 11.9 Å². The van der Waals surface area contributed by atoms with Crippen molar-refractivity contribution >= 4 is 54.5 Å². The average molecular weight is 399 g/mol. The summed E-state index contributed by atoms with van der Waals surface area (Å²) in [6, 6.07) is 8.48. The van der Waals surface area contributed by atoms with Crippen molar-refractivity contribution in [3.05, 3.63) is 46.7 Å². The van der Waals surface area contributed by atoms with Crippen LogP contribution in [-0.4, -0.2) is 22.6 Å². The highest BCUT2D eigenvalue weighted by Gasteiger charge is 2.25. The Hall–Kier alpha value is -2.09. The van der Waals surface area contributed by atoms with Gasteiger partial charge in [0.25, 0.3) is 0 Å². The molecule has 7 heteroatoms. The number of rotatable bonds is 3. The van der Waals surface area contributed by atoms with Crippen molar-refractivity contribution in [2.24, 2.45) is 0 Å². The van der Waals surface area contributed by atoms with Crippen LogP contribution in [0, 0.1) is 5.82 Å². The van der Waals surface area contributed by atoms with E-state index in [1.54, 1.807) is 22.7 Å². The molecule has 1 aliphatic rings. The Labute approximate surface area is 164 Å². The van der Waals surface area contributed by atoms with E-state index < -0.39 is 0 Å². The Morgan fingerprint density at radius 2 is 2.19 bits per heavy atom. The quantitative estimate of drug-likeness (QED) is 0.469. The maximum Gasteiger partial charge on any atom is 0.165 e. The first-order chi connectivity index (χ1) is 13.2. The summed E-state index contributed by atoms with van der Waals surface area (Å²) in [5.74, 6) is 0.125. The SMILES string of the molecule is C[C@H]1NCCC[C@@H]1c1cc2c(Nc3ccc4scnc4c3)c(F)cnc2s1.